The summed E-state index contributed by atoms with van der Waals surface area (Å²) in [6, 6.07) is 5.87. The molecule has 1 fully saturated rings. The lowest BCUT2D eigenvalue weighted by atomic mass is 9.79. The minimum absolute atomic E-state index is 0.351. The minimum Gasteiger partial charge on any atom is -0.480 e. The molecule has 0 N–H and O–H groups in total. The molecule has 2 heterocycles. The summed E-state index contributed by atoms with van der Waals surface area (Å²) in [5.74, 6) is 0.570. The van der Waals surface area contributed by atoms with E-state index in [1.165, 1.54) is 6.33 Å². The Morgan fingerprint density at radius 3 is 2.33 bits per heavy atom. The van der Waals surface area contributed by atoms with Gasteiger partial charge < -0.3 is 14.0 Å². The number of methoxy groups -OCH3 is 1. The van der Waals surface area contributed by atoms with E-state index in [4.69, 9.17) is 14.0 Å². The number of benzene rings is 1. The van der Waals surface area contributed by atoms with Crippen molar-refractivity contribution in [1.29, 1.82) is 0 Å². The van der Waals surface area contributed by atoms with Crippen molar-refractivity contribution in [2.24, 2.45) is 0 Å². The van der Waals surface area contributed by atoms with Crippen LogP contribution in [0, 0.1) is 0 Å². The van der Waals surface area contributed by atoms with E-state index in [2.05, 4.69) is 9.97 Å². The summed E-state index contributed by atoms with van der Waals surface area (Å²) in [6.45, 7) is 8.16. The molecule has 1 aromatic carbocycles. The maximum Gasteiger partial charge on any atom is 0.494 e. The third kappa shape index (κ3) is 2.28. The normalized spacial score (nSPS) is 20.0. The minimum atomic E-state index is -0.389. The third-order valence-electron chi connectivity index (χ3n) is 4.34. The molecule has 5 nitrogen and oxygen atoms in total. The molecule has 1 saturated heterocycles. The molecule has 3 rings (SSSR count). The number of fused-ring (bicyclic) bond motifs is 1. The highest BCUT2D eigenvalue weighted by Crippen LogP contribution is 2.36. The van der Waals surface area contributed by atoms with Gasteiger partial charge in [0.2, 0.25) is 5.88 Å². The average Bonchev–Trinajstić information content (AvgIpc) is 2.66. The zero-order valence-corrected chi connectivity index (χ0v) is 13.0. The van der Waals surface area contributed by atoms with Crippen LogP contribution in [0.25, 0.3) is 10.9 Å². The first kappa shape index (κ1) is 14.3. The van der Waals surface area contributed by atoms with E-state index >= 15 is 0 Å². The van der Waals surface area contributed by atoms with Gasteiger partial charge in [-0.2, -0.15) is 0 Å². The monoisotopic (exact) mass is 286 g/mol. The zero-order chi connectivity index (χ0) is 15.3. The van der Waals surface area contributed by atoms with E-state index in [1.54, 1.807) is 7.11 Å². The molecule has 21 heavy (non-hydrogen) atoms. The van der Waals surface area contributed by atoms with Crippen molar-refractivity contribution in [3.63, 3.8) is 0 Å². The molecule has 0 bridgehead atoms. The molecule has 0 radical (unpaired) electrons. The van der Waals surface area contributed by atoms with Crippen LogP contribution in [0.15, 0.2) is 24.5 Å². The molecule has 0 amide bonds. The summed E-state index contributed by atoms with van der Waals surface area (Å²) in [5.41, 5.74) is 1.06. The van der Waals surface area contributed by atoms with Gasteiger partial charge in [0.05, 0.1) is 29.2 Å². The van der Waals surface area contributed by atoms with Gasteiger partial charge in [0.15, 0.2) is 0 Å². The van der Waals surface area contributed by atoms with Crippen LogP contribution in [0.1, 0.15) is 27.7 Å². The third-order valence-corrected chi connectivity index (χ3v) is 4.34. The fourth-order valence-corrected chi connectivity index (χ4v) is 2.34. The van der Waals surface area contributed by atoms with Gasteiger partial charge in [-0.1, -0.05) is 6.07 Å². The van der Waals surface area contributed by atoms with E-state index in [-0.39, 0.29) is 18.3 Å². The second-order valence-corrected chi connectivity index (χ2v) is 6.25. The summed E-state index contributed by atoms with van der Waals surface area (Å²) >= 11 is 0. The van der Waals surface area contributed by atoms with Crippen molar-refractivity contribution < 1.29 is 14.0 Å². The van der Waals surface area contributed by atoms with Gasteiger partial charge in [0, 0.05) is 0 Å². The molecule has 0 saturated carbocycles. The summed E-state index contributed by atoms with van der Waals surface area (Å²) in [6.07, 6.45) is 1.50. The maximum atomic E-state index is 6.06. The van der Waals surface area contributed by atoms with Crippen LogP contribution in [-0.4, -0.2) is 35.4 Å². The standard InChI is InChI=1S/C15H19BN2O3/c1-14(2)15(3,4)21-16(20-14)10-6-7-11-12(8-10)17-9-18-13(11)19-5/h6-9H,1-5H3. The zero-order valence-electron chi connectivity index (χ0n) is 13.0. The quantitative estimate of drug-likeness (QED) is 0.790. The van der Waals surface area contributed by atoms with E-state index in [9.17, 15) is 0 Å². The number of nitrogens with zero attached hydrogens (tertiary/aromatic N) is 2. The van der Waals surface area contributed by atoms with Crippen LogP contribution in [0.5, 0.6) is 5.88 Å². The summed E-state index contributed by atoms with van der Waals surface area (Å²) in [5, 5.41) is 0.875. The van der Waals surface area contributed by atoms with Crippen molar-refractivity contribution in [3.8, 4) is 5.88 Å². The molecule has 6 heteroatoms. The van der Waals surface area contributed by atoms with E-state index in [1.807, 2.05) is 45.9 Å². The van der Waals surface area contributed by atoms with Gasteiger partial charge >= 0.3 is 7.12 Å². The first-order chi connectivity index (χ1) is 9.84. The Bertz CT molecular complexity index is 672. The van der Waals surface area contributed by atoms with Crippen molar-refractivity contribution in [1.82, 2.24) is 9.97 Å². The topological polar surface area (TPSA) is 53.5 Å². The molecule has 0 unspecified atom stereocenters. The summed E-state index contributed by atoms with van der Waals surface area (Å²) < 4.78 is 17.4. The van der Waals surface area contributed by atoms with Crippen molar-refractivity contribution in [3.05, 3.63) is 24.5 Å². The van der Waals surface area contributed by atoms with Gasteiger partial charge in [-0.25, -0.2) is 9.97 Å². The number of ether oxygens (including phenoxy) is 1. The van der Waals surface area contributed by atoms with Gasteiger partial charge in [0.1, 0.15) is 6.33 Å². The Morgan fingerprint density at radius 2 is 1.71 bits per heavy atom. The highest BCUT2D eigenvalue weighted by atomic mass is 16.7. The molecular formula is C15H19BN2O3. The van der Waals surface area contributed by atoms with Gasteiger partial charge in [-0.15, -0.1) is 0 Å². The largest absolute Gasteiger partial charge is 0.494 e. The lowest BCUT2D eigenvalue weighted by Gasteiger charge is -2.32. The second-order valence-electron chi connectivity index (χ2n) is 6.25. The van der Waals surface area contributed by atoms with Gasteiger partial charge in [0.25, 0.3) is 0 Å². The molecule has 1 aliphatic heterocycles. The number of hydrogen-bond acceptors (Lipinski definition) is 5. The smallest absolute Gasteiger partial charge is 0.480 e. The molecule has 1 aliphatic rings. The van der Waals surface area contributed by atoms with Gasteiger partial charge in [-0.3, -0.25) is 0 Å². The Kier molecular flexibility index (Phi) is 3.18. The lowest BCUT2D eigenvalue weighted by Crippen LogP contribution is -2.41. The lowest BCUT2D eigenvalue weighted by molar-refractivity contribution is 0.00578. The number of aromatic nitrogens is 2. The van der Waals surface area contributed by atoms with Gasteiger partial charge in [-0.05, 0) is 45.3 Å². The van der Waals surface area contributed by atoms with Crippen LogP contribution in [-0.2, 0) is 9.31 Å². The number of hydrogen-bond donors (Lipinski definition) is 0. The van der Waals surface area contributed by atoms with Crippen LogP contribution >= 0.6 is 0 Å². The predicted molar refractivity (Wildman–Crippen MR) is 81.8 cm³/mol. The molecule has 1 aromatic heterocycles. The van der Waals surface area contributed by atoms with Crippen LogP contribution < -0.4 is 10.2 Å². The van der Waals surface area contributed by atoms with Crippen LogP contribution in [0.4, 0.5) is 0 Å². The summed E-state index contributed by atoms with van der Waals surface area (Å²) in [7, 11) is 1.21. The van der Waals surface area contributed by atoms with Crippen molar-refractivity contribution >= 4 is 23.5 Å². The Morgan fingerprint density at radius 1 is 1.05 bits per heavy atom. The molecule has 0 spiro atoms. The van der Waals surface area contributed by atoms with Crippen LogP contribution in [0.3, 0.4) is 0 Å². The second kappa shape index (κ2) is 4.68. The summed E-state index contributed by atoms with van der Waals surface area (Å²) in [4.78, 5) is 8.40. The first-order valence-corrected chi connectivity index (χ1v) is 6.98. The van der Waals surface area contributed by atoms with Crippen LogP contribution in [0.2, 0.25) is 0 Å². The van der Waals surface area contributed by atoms with Crippen molar-refractivity contribution in [2.75, 3.05) is 7.11 Å². The van der Waals surface area contributed by atoms with E-state index in [0.29, 0.717) is 5.88 Å². The Labute approximate surface area is 124 Å². The highest BCUT2D eigenvalue weighted by Gasteiger charge is 2.51. The highest BCUT2D eigenvalue weighted by molar-refractivity contribution is 6.62. The van der Waals surface area contributed by atoms with E-state index < -0.39 is 0 Å². The maximum absolute atomic E-state index is 6.06. The first-order valence-electron chi connectivity index (χ1n) is 6.98. The fourth-order valence-electron chi connectivity index (χ4n) is 2.34. The fraction of sp³-hybridized carbons (Fsp3) is 0.467. The predicted octanol–water partition coefficient (Wildman–Crippen LogP) is 1.94. The Hall–Kier alpha value is -1.66. The Balaban J connectivity index is 2.00. The SMILES string of the molecule is COc1ncnc2cc(B3OC(C)(C)C(C)(C)O3)ccc12. The molecule has 2 aromatic rings. The average molecular weight is 286 g/mol. The van der Waals surface area contributed by atoms with E-state index in [0.717, 1.165) is 16.4 Å². The van der Waals surface area contributed by atoms with Crippen molar-refractivity contribution in [2.45, 2.75) is 38.9 Å². The number of rotatable bonds is 2. The molecular weight excluding hydrogens is 267 g/mol. The molecule has 0 atom stereocenters. The molecule has 0 aliphatic carbocycles. The molecule has 110 valence electrons.